The molecule has 1 aliphatic heterocycles. The van der Waals surface area contributed by atoms with E-state index in [9.17, 15) is 4.79 Å². The molecule has 23 heavy (non-hydrogen) atoms. The number of rotatable bonds is 3. The molecule has 1 saturated heterocycles. The molecule has 1 aromatic rings. The molecule has 0 aliphatic carbocycles. The summed E-state index contributed by atoms with van der Waals surface area (Å²) in [7, 11) is 0. The molecular weight excluding hydrogens is 403 g/mol. The molecule has 1 aromatic carbocycles. The number of nitrogens with zero attached hydrogens (tertiary/aromatic N) is 2. The van der Waals surface area contributed by atoms with Gasteiger partial charge >= 0.3 is 6.09 Å². The Morgan fingerprint density at radius 2 is 1.91 bits per heavy atom. The van der Waals surface area contributed by atoms with Crippen molar-refractivity contribution in [2.75, 3.05) is 26.2 Å². The van der Waals surface area contributed by atoms with Gasteiger partial charge < -0.3 is 9.64 Å². The molecule has 1 aliphatic rings. The number of ether oxygens (including phenoxy) is 1. The molecule has 5 heteroatoms. The average Bonchev–Trinajstić information content (AvgIpc) is 2.46. The minimum atomic E-state index is -0.428. The Kier molecular flexibility index (Phi) is 6.31. The Balaban J connectivity index is 1.82. The summed E-state index contributed by atoms with van der Waals surface area (Å²) in [6.07, 6.45) is 0.856. The number of carbonyl (C=O) groups excluding carboxylic acids is 1. The third-order valence-corrected chi connectivity index (χ3v) is 4.74. The van der Waals surface area contributed by atoms with Crippen LogP contribution in [0.3, 0.4) is 0 Å². The zero-order valence-electron chi connectivity index (χ0n) is 14.5. The first-order valence-corrected chi connectivity index (χ1v) is 9.29. The molecule has 4 nitrogen and oxygen atoms in total. The molecule has 128 valence electrons. The van der Waals surface area contributed by atoms with Crippen LogP contribution in [0.15, 0.2) is 24.3 Å². The highest BCUT2D eigenvalue weighted by Crippen LogP contribution is 2.16. The molecule has 1 atom stereocenters. The second-order valence-electron chi connectivity index (χ2n) is 7.19. The predicted octanol–water partition coefficient (Wildman–Crippen LogP) is 3.77. The predicted molar refractivity (Wildman–Crippen MR) is 102 cm³/mol. The Bertz CT molecular complexity index is 525. The monoisotopic (exact) mass is 430 g/mol. The van der Waals surface area contributed by atoms with E-state index >= 15 is 0 Å². The lowest BCUT2D eigenvalue weighted by molar-refractivity contribution is 0.00598. The van der Waals surface area contributed by atoms with Crippen molar-refractivity contribution in [2.45, 2.75) is 45.8 Å². The van der Waals surface area contributed by atoms with Crippen LogP contribution in [0.25, 0.3) is 0 Å². The third-order valence-electron chi connectivity index (χ3n) is 4.02. The summed E-state index contributed by atoms with van der Waals surface area (Å²) in [5.41, 5.74) is 0.939. The van der Waals surface area contributed by atoms with Gasteiger partial charge in [0, 0.05) is 35.8 Å². The van der Waals surface area contributed by atoms with Gasteiger partial charge in [-0.15, -0.1) is 0 Å². The molecule has 1 heterocycles. The van der Waals surface area contributed by atoms with Crippen LogP contribution < -0.4 is 0 Å². The van der Waals surface area contributed by atoms with Gasteiger partial charge in [0.05, 0.1) is 0 Å². The lowest BCUT2D eigenvalue weighted by atomic mass is 10.1. The summed E-state index contributed by atoms with van der Waals surface area (Å²) in [5.74, 6) is 0. The van der Waals surface area contributed by atoms with E-state index in [-0.39, 0.29) is 6.09 Å². The summed E-state index contributed by atoms with van der Waals surface area (Å²) in [6, 6.07) is 9.06. The normalized spacial score (nSPS) is 19.7. The van der Waals surface area contributed by atoms with Crippen LogP contribution in [-0.4, -0.2) is 53.7 Å². The van der Waals surface area contributed by atoms with Crippen molar-refractivity contribution >= 4 is 28.7 Å². The van der Waals surface area contributed by atoms with E-state index in [1.807, 2.05) is 25.7 Å². The van der Waals surface area contributed by atoms with E-state index in [4.69, 9.17) is 4.74 Å². The Labute approximate surface area is 153 Å². The quantitative estimate of drug-likeness (QED) is 0.685. The van der Waals surface area contributed by atoms with Gasteiger partial charge in [0.15, 0.2) is 0 Å². The van der Waals surface area contributed by atoms with Crippen molar-refractivity contribution in [1.29, 1.82) is 0 Å². The highest BCUT2D eigenvalue weighted by Gasteiger charge is 2.29. The molecule has 0 bridgehead atoms. The Hall–Kier alpha value is -0.820. The van der Waals surface area contributed by atoms with E-state index in [1.165, 1.54) is 9.13 Å². The van der Waals surface area contributed by atoms with Crippen molar-refractivity contribution < 1.29 is 9.53 Å². The number of carbonyl (C=O) groups is 1. The zero-order chi connectivity index (χ0) is 17.0. The summed E-state index contributed by atoms with van der Waals surface area (Å²) in [5, 5.41) is 0. The molecule has 0 N–H and O–H groups in total. The van der Waals surface area contributed by atoms with E-state index in [2.05, 4.69) is 58.7 Å². The van der Waals surface area contributed by atoms with Gasteiger partial charge in [-0.05, 0) is 74.4 Å². The van der Waals surface area contributed by atoms with Crippen LogP contribution in [0.1, 0.15) is 33.3 Å². The minimum Gasteiger partial charge on any atom is -0.444 e. The van der Waals surface area contributed by atoms with Crippen molar-refractivity contribution in [1.82, 2.24) is 9.80 Å². The average molecular weight is 430 g/mol. The Morgan fingerprint density at radius 3 is 2.48 bits per heavy atom. The number of amides is 1. The van der Waals surface area contributed by atoms with Crippen LogP contribution >= 0.6 is 22.6 Å². The largest absolute Gasteiger partial charge is 0.444 e. The first-order valence-electron chi connectivity index (χ1n) is 8.21. The molecule has 0 unspecified atom stereocenters. The van der Waals surface area contributed by atoms with Gasteiger partial charge in [0.1, 0.15) is 5.60 Å². The Morgan fingerprint density at radius 1 is 1.26 bits per heavy atom. The van der Waals surface area contributed by atoms with Crippen LogP contribution in [0.4, 0.5) is 4.79 Å². The van der Waals surface area contributed by atoms with E-state index < -0.39 is 5.60 Å². The SMILES string of the molecule is C[C@H]1CN(C(=O)OC(C)(C)C)CCN1CCc1ccc(I)cc1. The summed E-state index contributed by atoms with van der Waals surface area (Å²) in [4.78, 5) is 16.4. The third kappa shape index (κ3) is 5.95. The molecule has 0 saturated carbocycles. The molecular formula is C18H27IN2O2. The fourth-order valence-electron chi connectivity index (χ4n) is 2.74. The van der Waals surface area contributed by atoms with E-state index in [0.717, 1.165) is 32.6 Å². The second kappa shape index (κ2) is 7.83. The van der Waals surface area contributed by atoms with Gasteiger partial charge in [0.25, 0.3) is 0 Å². The maximum atomic E-state index is 12.2. The fourth-order valence-corrected chi connectivity index (χ4v) is 3.10. The van der Waals surface area contributed by atoms with Gasteiger partial charge in [-0.3, -0.25) is 4.90 Å². The number of hydrogen-bond donors (Lipinski definition) is 0. The highest BCUT2D eigenvalue weighted by atomic mass is 127. The van der Waals surface area contributed by atoms with Crippen LogP contribution in [0.2, 0.25) is 0 Å². The van der Waals surface area contributed by atoms with Crippen molar-refractivity contribution in [3.8, 4) is 0 Å². The van der Waals surface area contributed by atoms with E-state index in [1.54, 1.807) is 0 Å². The van der Waals surface area contributed by atoms with E-state index in [0.29, 0.717) is 6.04 Å². The number of halogens is 1. The van der Waals surface area contributed by atoms with Crippen LogP contribution in [0.5, 0.6) is 0 Å². The maximum absolute atomic E-state index is 12.2. The van der Waals surface area contributed by atoms with Crippen molar-refractivity contribution in [2.24, 2.45) is 0 Å². The second-order valence-corrected chi connectivity index (χ2v) is 8.43. The minimum absolute atomic E-state index is 0.193. The van der Waals surface area contributed by atoms with Crippen molar-refractivity contribution in [3.63, 3.8) is 0 Å². The van der Waals surface area contributed by atoms with Crippen LogP contribution in [0, 0.1) is 3.57 Å². The highest BCUT2D eigenvalue weighted by molar-refractivity contribution is 14.1. The number of hydrogen-bond acceptors (Lipinski definition) is 3. The molecule has 0 spiro atoms. The topological polar surface area (TPSA) is 32.8 Å². The molecule has 2 rings (SSSR count). The van der Waals surface area contributed by atoms with Crippen molar-refractivity contribution in [3.05, 3.63) is 33.4 Å². The summed E-state index contributed by atoms with van der Waals surface area (Å²) in [6.45, 7) is 11.3. The number of piperazine rings is 1. The number of benzene rings is 1. The molecule has 0 radical (unpaired) electrons. The van der Waals surface area contributed by atoms with Gasteiger partial charge in [-0.1, -0.05) is 12.1 Å². The lowest BCUT2D eigenvalue weighted by Crippen LogP contribution is -2.54. The maximum Gasteiger partial charge on any atom is 0.410 e. The molecule has 0 aromatic heterocycles. The zero-order valence-corrected chi connectivity index (χ0v) is 16.7. The van der Waals surface area contributed by atoms with Crippen LogP contribution in [-0.2, 0) is 11.2 Å². The smallest absolute Gasteiger partial charge is 0.410 e. The fraction of sp³-hybridized carbons (Fsp3) is 0.611. The van der Waals surface area contributed by atoms with Gasteiger partial charge in [0.2, 0.25) is 0 Å². The first kappa shape index (κ1) is 18.5. The van der Waals surface area contributed by atoms with Gasteiger partial charge in [-0.25, -0.2) is 4.79 Å². The summed E-state index contributed by atoms with van der Waals surface area (Å²) >= 11 is 2.33. The molecule has 1 amide bonds. The van der Waals surface area contributed by atoms with Gasteiger partial charge in [-0.2, -0.15) is 0 Å². The molecule has 1 fully saturated rings. The first-order chi connectivity index (χ1) is 10.7. The summed E-state index contributed by atoms with van der Waals surface area (Å²) < 4.78 is 6.74. The lowest BCUT2D eigenvalue weighted by Gasteiger charge is -2.40. The standard InChI is InChI=1S/C18H27IN2O2/c1-14-13-21(17(22)23-18(2,3)4)12-11-20(14)10-9-15-5-7-16(19)8-6-15/h5-8,14H,9-13H2,1-4H3/t14-/m0/s1.